The number of aromatic nitrogens is 1. The lowest BCUT2D eigenvalue weighted by Crippen LogP contribution is -2.56. The molecule has 1 aromatic carbocycles. The Morgan fingerprint density at radius 3 is 2.49 bits per heavy atom. The number of nitrogens with zero attached hydrogens (tertiary/aromatic N) is 2. The van der Waals surface area contributed by atoms with Crippen LogP contribution in [0, 0.1) is 0 Å². The number of hydrogen-bond donors (Lipinski definition) is 2. The second-order valence-corrected chi connectivity index (χ2v) is 13.6. The van der Waals surface area contributed by atoms with Gasteiger partial charge >= 0.3 is 6.09 Å². The molecule has 220 valence electrons. The van der Waals surface area contributed by atoms with Crippen LogP contribution in [-0.4, -0.2) is 78.4 Å². The van der Waals surface area contributed by atoms with Crippen molar-refractivity contribution >= 4 is 38.7 Å². The van der Waals surface area contributed by atoms with Crippen molar-refractivity contribution in [3.05, 3.63) is 42.6 Å². The summed E-state index contributed by atoms with van der Waals surface area (Å²) in [6.07, 6.45) is 1.38. The topological polar surface area (TPSA) is 153 Å². The molecule has 2 N–H and O–H groups in total. The van der Waals surface area contributed by atoms with E-state index in [-0.39, 0.29) is 19.4 Å². The maximum absolute atomic E-state index is 13.6. The van der Waals surface area contributed by atoms with Crippen LogP contribution in [0.25, 0.3) is 10.8 Å². The van der Waals surface area contributed by atoms with Crippen molar-refractivity contribution in [1.82, 2.24) is 19.9 Å². The monoisotopic (exact) mass is 586 g/mol. The Kier molecular flexibility index (Phi) is 7.13. The molecule has 1 unspecified atom stereocenters. The normalized spacial score (nSPS) is 24.1. The number of fused-ring (bicyclic) bond motifs is 1. The van der Waals surface area contributed by atoms with Crippen LogP contribution in [0.5, 0.6) is 11.6 Å². The third-order valence-corrected chi connectivity index (χ3v) is 9.11. The number of methoxy groups -OCH3 is 1. The third-order valence-electron chi connectivity index (χ3n) is 7.29. The highest BCUT2D eigenvalue weighted by atomic mass is 32.2. The van der Waals surface area contributed by atoms with E-state index in [0.29, 0.717) is 35.4 Å². The van der Waals surface area contributed by atoms with Gasteiger partial charge in [0.1, 0.15) is 29.0 Å². The molecule has 1 saturated heterocycles. The van der Waals surface area contributed by atoms with Crippen molar-refractivity contribution in [1.29, 1.82) is 0 Å². The Balaban J connectivity index is 1.37. The van der Waals surface area contributed by atoms with Gasteiger partial charge in [0.2, 0.25) is 21.8 Å². The molecule has 41 heavy (non-hydrogen) atoms. The van der Waals surface area contributed by atoms with E-state index in [1.807, 2.05) is 18.2 Å². The number of carbonyl (C=O) groups excluding carboxylic acids is 3. The zero-order valence-corrected chi connectivity index (χ0v) is 24.2. The maximum Gasteiger partial charge on any atom is 0.411 e. The molecule has 2 aromatic rings. The summed E-state index contributed by atoms with van der Waals surface area (Å²) in [4.78, 5) is 45.4. The fourth-order valence-electron chi connectivity index (χ4n) is 4.83. The van der Waals surface area contributed by atoms with E-state index in [0.717, 1.165) is 5.39 Å². The standard InChI is InChI=1S/C28H34N4O8S/c1-16-14-28(16,25(34)31-41(36,37)20-8-9-20)30-23(33)22-13-19(15-32(22)26(35)40-27(2,3)4)39-24-21-12-18(38-5)7-6-17(21)10-11-29-24/h6-7,10-12,19-20,22H,1,8-9,13-15H2,2-5H3,(H,30,33)(H,31,34)/t19-,22?,28-/m1/s1. The van der Waals surface area contributed by atoms with Crippen LogP contribution in [0.15, 0.2) is 42.6 Å². The summed E-state index contributed by atoms with van der Waals surface area (Å²) in [6, 6.07) is 6.25. The van der Waals surface area contributed by atoms with Crippen LogP contribution in [0.1, 0.15) is 46.5 Å². The molecule has 2 aliphatic carbocycles. The highest BCUT2D eigenvalue weighted by molar-refractivity contribution is 7.91. The molecule has 2 heterocycles. The molecule has 0 spiro atoms. The van der Waals surface area contributed by atoms with Crippen molar-refractivity contribution in [2.24, 2.45) is 0 Å². The molecule has 1 aromatic heterocycles. The first-order valence-electron chi connectivity index (χ1n) is 13.4. The smallest absolute Gasteiger partial charge is 0.411 e. The molecule has 0 bridgehead atoms. The summed E-state index contributed by atoms with van der Waals surface area (Å²) in [5.41, 5.74) is -2.02. The fourth-order valence-corrected chi connectivity index (χ4v) is 6.19. The van der Waals surface area contributed by atoms with E-state index in [9.17, 15) is 22.8 Å². The molecule has 2 saturated carbocycles. The van der Waals surface area contributed by atoms with Gasteiger partial charge in [0.25, 0.3) is 5.91 Å². The van der Waals surface area contributed by atoms with Gasteiger partial charge in [-0.15, -0.1) is 0 Å². The van der Waals surface area contributed by atoms with Crippen molar-refractivity contribution < 1.29 is 37.0 Å². The molecule has 3 aliphatic rings. The van der Waals surface area contributed by atoms with Crippen LogP contribution < -0.4 is 19.5 Å². The van der Waals surface area contributed by atoms with Gasteiger partial charge in [-0.1, -0.05) is 12.6 Å². The van der Waals surface area contributed by atoms with Gasteiger partial charge in [0.05, 0.1) is 18.9 Å². The Labute approximate surface area is 238 Å². The highest BCUT2D eigenvalue weighted by Crippen LogP contribution is 2.43. The molecule has 1 aliphatic heterocycles. The van der Waals surface area contributed by atoms with E-state index in [4.69, 9.17) is 14.2 Å². The lowest BCUT2D eigenvalue weighted by atomic mass is 10.1. The van der Waals surface area contributed by atoms with Crippen LogP contribution in [-0.2, 0) is 24.3 Å². The minimum Gasteiger partial charge on any atom is -0.497 e. The molecular formula is C28H34N4O8S. The number of benzene rings is 1. The molecule has 12 nitrogen and oxygen atoms in total. The summed E-state index contributed by atoms with van der Waals surface area (Å²) in [6.45, 7) is 8.97. The number of nitrogens with one attached hydrogen (secondary N) is 2. The minimum absolute atomic E-state index is 0.0191. The van der Waals surface area contributed by atoms with Crippen molar-refractivity contribution in [2.75, 3.05) is 13.7 Å². The molecule has 3 atom stereocenters. The van der Waals surface area contributed by atoms with Gasteiger partial charge in [-0.3, -0.25) is 19.2 Å². The average Bonchev–Trinajstić information content (AvgIpc) is 3.81. The Hall–Kier alpha value is -3.87. The first-order valence-corrected chi connectivity index (χ1v) is 14.9. The second kappa shape index (κ2) is 10.2. The lowest BCUT2D eigenvalue weighted by Gasteiger charge is -2.28. The van der Waals surface area contributed by atoms with Gasteiger partial charge in [-0.25, -0.2) is 18.2 Å². The molecule has 13 heteroatoms. The maximum atomic E-state index is 13.6. The third kappa shape index (κ3) is 5.95. The minimum atomic E-state index is -3.83. The number of likely N-dealkylation sites (tertiary alicyclic amines) is 1. The fraction of sp³-hybridized carbons (Fsp3) is 0.500. The molecule has 5 rings (SSSR count). The summed E-state index contributed by atoms with van der Waals surface area (Å²) in [5.74, 6) is -0.571. The summed E-state index contributed by atoms with van der Waals surface area (Å²) >= 11 is 0. The van der Waals surface area contributed by atoms with Gasteiger partial charge in [-0.2, -0.15) is 0 Å². The van der Waals surface area contributed by atoms with E-state index < -0.39 is 56.5 Å². The SMILES string of the molecule is C=C1C[C@]1(NC(=O)C1C[C@@H](Oc2nccc3ccc(OC)cc23)CN1C(=O)OC(C)(C)C)C(=O)NS(=O)(=O)C1CC1. The summed E-state index contributed by atoms with van der Waals surface area (Å²) < 4.78 is 44.0. The molecular weight excluding hydrogens is 552 g/mol. The number of rotatable bonds is 8. The largest absolute Gasteiger partial charge is 0.497 e. The van der Waals surface area contributed by atoms with Crippen molar-refractivity contribution in [3.8, 4) is 11.6 Å². The van der Waals surface area contributed by atoms with E-state index in [1.54, 1.807) is 40.1 Å². The predicted octanol–water partition coefficient (Wildman–Crippen LogP) is 2.42. The Bertz CT molecular complexity index is 1530. The van der Waals surface area contributed by atoms with Crippen molar-refractivity contribution in [3.63, 3.8) is 0 Å². The number of sulfonamides is 1. The molecule has 0 radical (unpaired) electrons. The number of pyridine rings is 1. The summed E-state index contributed by atoms with van der Waals surface area (Å²) in [7, 11) is -2.28. The van der Waals surface area contributed by atoms with Crippen molar-refractivity contribution in [2.45, 2.75) is 75.0 Å². The lowest BCUT2D eigenvalue weighted by molar-refractivity contribution is -0.131. The van der Waals surface area contributed by atoms with Crippen LogP contribution in [0.2, 0.25) is 0 Å². The zero-order chi connectivity index (χ0) is 29.7. The number of amides is 3. The molecule has 3 fully saturated rings. The van der Waals surface area contributed by atoms with Crippen LogP contribution >= 0.6 is 0 Å². The highest BCUT2D eigenvalue weighted by Gasteiger charge is 2.58. The van der Waals surface area contributed by atoms with E-state index in [2.05, 4.69) is 21.6 Å². The zero-order valence-electron chi connectivity index (χ0n) is 23.4. The van der Waals surface area contributed by atoms with Gasteiger partial charge in [-0.05, 0) is 62.8 Å². The van der Waals surface area contributed by atoms with Gasteiger partial charge in [0.15, 0.2) is 0 Å². The van der Waals surface area contributed by atoms with E-state index in [1.165, 1.54) is 4.90 Å². The number of carbonyl (C=O) groups is 3. The Morgan fingerprint density at radius 1 is 1.17 bits per heavy atom. The van der Waals surface area contributed by atoms with Gasteiger partial charge < -0.3 is 19.5 Å². The first-order chi connectivity index (χ1) is 19.2. The van der Waals surface area contributed by atoms with E-state index >= 15 is 0 Å². The number of hydrogen-bond acceptors (Lipinski definition) is 9. The van der Waals surface area contributed by atoms with Crippen LogP contribution in [0.3, 0.4) is 0 Å². The first kappa shape index (κ1) is 28.7. The van der Waals surface area contributed by atoms with Gasteiger partial charge in [0, 0.05) is 24.4 Å². The quantitative estimate of drug-likeness (QED) is 0.444. The number of ether oxygens (including phenoxy) is 3. The summed E-state index contributed by atoms with van der Waals surface area (Å²) in [5, 5.41) is 3.63. The van der Waals surface area contributed by atoms with Crippen LogP contribution in [0.4, 0.5) is 4.79 Å². The Morgan fingerprint density at radius 2 is 1.88 bits per heavy atom. The second-order valence-electron chi connectivity index (χ2n) is 11.7. The average molecular weight is 587 g/mol. The predicted molar refractivity (Wildman–Crippen MR) is 149 cm³/mol. The molecule has 3 amide bonds.